The molecular weight excluding hydrogens is 236 g/mol. The Labute approximate surface area is 106 Å². The summed E-state index contributed by atoms with van der Waals surface area (Å²) in [5.41, 5.74) is 0. The number of halogens is 2. The first kappa shape index (κ1) is 13.3. The summed E-state index contributed by atoms with van der Waals surface area (Å²) in [5.74, 6) is -0.977. The van der Waals surface area contributed by atoms with Crippen LogP contribution < -0.4 is 10.1 Å². The Bertz CT molecular complexity index is 371. The lowest BCUT2D eigenvalue weighted by atomic mass is 10.2. The molecule has 2 nitrogen and oxygen atoms in total. The van der Waals surface area contributed by atoms with Crippen molar-refractivity contribution in [1.82, 2.24) is 5.32 Å². The second-order valence-corrected chi connectivity index (χ2v) is 4.92. The summed E-state index contributed by atoms with van der Waals surface area (Å²) in [4.78, 5) is 0. The zero-order valence-electron chi connectivity index (χ0n) is 10.6. The van der Waals surface area contributed by atoms with Crippen molar-refractivity contribution in [3.8, 4) is 5.75 Å². The molecule has 0 saturated heterocycles. The van der Waals surface area contributed by atoms with Gasteiger partial charge in [-0.3, -0.25) is 0 Å². The lowest BCUT2D eigenvalue weighted by molar-refractivity contribution is 0.210. The van der Waals surface area contributed by atoms with E-state index in [1.165, 1.54) is 37.8 Å². The Hall–Kier alpha value is -1.16. The van der Waals surface area contributed by atoms with Gasteiger partial charge < -0.3 is 10.1 Å². The monoisotopic (exact) mass is 255 g/mol. The maximum absolute atomic E-state index is 13.0. The van der Waals surface area contributed by atoms with Crippen LogP contribution in [0, 0.1) is 11.6 Å². The molecule has 1 aromatic carbocycles. The van der Waals surface area contributed by atoms with Crippen LogP contribution in [0.3, 0.4) is 0 Å². The summed E-state index contributed by atoms with van der Waals surface area (Å²) in [6.07, 6.45) is 4.87. The lowest BCUT2D eigenvalue weighted by Crippen LogP contribution is -2.35. The molecule has 0 aliphatic heterocycles. The van der Waals surface area contributed by atoms with E-state index in [9.17, 15) is 8.78 Å². The first-order valence-corrected chi connectivity index (χ1v) is 6.49. The van der Waals surface area contributed by atoms with E-state index in [4.69, 9.17) is 4.74 Å². The number of benzene rings is 1. The number of rotatable bonds is 5. The summed E-state index contributed by atoms with van der Waals surface area (Å²) >= 11 is 0. The van der Waals surface area contributed by atoms with Crippen molar-refractivity contribution in [1.29, 1.82) is 0 Å². The van der Waals surface area contributed by atoms with Crippen molar-refractivity contribution in [3.05, 3.63) is 29.8 Å². The Morgan fingerprint density at radius 3 is 2.44 bits per heavy atom. The quantitative estimate of drug-likeness (QED) is 0.872. The molecule has 0 aromatic heterocycles. The molecule has 1 fully saturated rings. The van der Waals surface area contributed by atoms with Crippen LogP contribution in [0.5, 0.6) is 5.75 Å². The van der Waals surface area contributed by atoms with Gasteiger partial charge in [-0.05, 0) is 19.8 Å². The fourth-order valence-electron chi connectivity index (χ4n) is 2.33. The molecule has 18 heavy (non-hydrogen) atoms. The van der Waals surface area contributed by atoms with Crippen LogP contribution in [0.4, 0.5) is 8.78 Å². The number of ether oxygens (including phenoxy) is 1. The van der Waals surface area contributed by atoms with Crippen LogP contribution in [0.1, 0.15) is 32.6 Å². The van der Waals surface area contributed by atoms with Gasteiger partial charge in [-0.25, -0.2) is 8.78 Å². The summed E-state index contributed by atoms with van der Waals surface area (Å²) in [7, 11) is 0. The van der Waals surface area contributed by atoms with Gasteiger partial charge in [0, 0.05) is 30.8 Å². The van der Waals surface area contributed by atoms with Crippen LogP contribution >= 0.6 is 0 Å². The minimum atomic E-state index is -0.610. The first-order valence-electron chi connectivity index (χ1n) is 6.49. The minimum Gasteiger partial charge on any atom is -0.489 e. The number of hydrogen-bond acceptors (Lipinski definition) is 2. The zero-order valence-corrected chi connectivity index (χ0v) is 10.6. The van der Waals surface area contributed by atoms with E-state index in [1.807, 2.05) is 6.92 Å². The Kier molecular flexibility index (Phi) is 4.53. The van der Waals surface area contributed by atoms with Gasteiger partial charge in [-0.2, -0.15) is 0 Å². The second kappa shape index (κ2) is 6.14. The third-order valence-corrected chi connectivity index (χ3v) is 3.22. The Morgan fingerprint density at radius 2 is 1.83 bits per heavy atom. The Morgan fingerprint density at radius 1 is 1.22 bits per heavy atom. The molecule has 100 valence electrons. The van der Waals surface area contributed by atoms with Gasteiger partial charge in [-0.15, -0.1) is 0 Å². The smallest absolute Gasteiger partial charge is 0.129 e. The fraction of sp³-hybridized carbons (Fsp3) is 0.571. The van der Waals surface area contributed by atoms with Gasteiger partial charge in [-0.1, -0.05) is 12.8 Å². The highest BCUT2D eigenvalue weighted by Crippen LogP contribution is 2.19. The van der Waals surface area contributed by atoms with E-state index in [2.05, 4.69) is 5.32 Å². The highest BCUT2D eigenvalue weighted by Gasteiger charge is 2.15. The summed E-state index contributed by atoms with van der Waals surface area (Å²) in [5, 5.41) is 3.42. The van der Waals surface area contributed by atoms with E-state index in [-0.39, 0.29) is 11.9 Å². The molecular formula is C14H19F2NO. The topological polar surface area (TPSA) is 21.3 Å². The second-order valence-electron chi connectivity index (χ2n) is 4.92. The van der Waals surface area contributed by atoms with Gasteiger partial charge in [0.25, 0.3) is 0 Å². The van der Waals surface area contributed by atoms with Crippen LogP contribution in [0.25, 0.3) is 0 Å². The maximum atomic E-state index is 13.0. The lowest BCUT2D eigenvalue weighted by Gasteiger charge is -2.18. The van der Waals surface area contributed by atoms with Gasteiger partial charge in [0.05, 0.1) is 0 Å². The summed E-state index contributed by atoms with van der Waals surface area (Å²) in [6, 6.07) is 3.82. The third kappa shape index (κ3) is 3.95. The zero-order chi connectivity index (χ0) is 13.0. The summed E-state index contributed by atoms with van der Waals surface area (Å²) < 4.78 is 31.4. The third-order valence-electron chi connectivity index (χ3n) is 3.22. The summed E-state index contributed by atoms with van der Waals surface area (Å²) in [6.45, 7) is 2.59. The molecule has 1 unspecified atom stereocenters. The SMILES string of the molecule is CC(CNC1CCCC1)Oc1cc(F)cc(F)c1. The number of nitrogens with one attached hydrogen (secondary N) is 1. The van der Waals surface area contributed by atoms with E-state index in [1.54, 1.807) is 0 Å². The van der Waals surface area contributed by atoms with E-state index < -0.39 is 11.6 Å². The molecule has 0 heterocycles. The van der Waals surface area contributed by atoms with Crippen LogP contribution in [0.2, 0.25) is 0 Å². The molecule has 0 spiro atoms. The molecule has 0 radical (unpaired) electrons. The molecule has 1 saturated carbocycles. The molecule has 1 aliphatic carbocycles. The van der Waals surface area contributed by atoms with Crippen molar-refractivity contribution in [3.63, 3.8) is 0 Å². The highest BCUT2D eigenvalue weighted by molar-refractivity contribution is 5.24. The van der Waals surface area contributed by atoms with Gasteiger partial charge >= 0.3 is 0 Å². The van der Waals surface area contributed by atoms with Crippen LogP contribution in [-0.4, -0.2) is 18.7 Å². The average molecular weight is 255 g/mol. The minimum absolute atomic E-state index is 0.105. The highest BCUT2D eigenvalue weighted by atomic mass is 19.1. The molecule has 1 atom stereocenters. The number of hydrogen-bond donors (Lipinski definition) is 1. The maximum Gasteiger partial charge on any atom is 0.129 e. The average Bonchev–Trinajstić information content (AvgIpc) is 2.77. The van der Waals surface area contributed by atoms with Crippen molar-refractivity contribution in [2.24, 2.45) is 0 Å². The predicted octanol–water partition coefficient (Wildman–Crippen LogP) is 3.26. The van der Waals surface area contributed by atoms with Gasteiger partial charge in [0.2, 0.25) is 0 Å². The standard InChI is InChI=1S/C14H19F2NO/c1-10(9-17-13-4-2-3-5-13)18-14-7-11(15)6-12(16)8-14/h6-8,10,13,17H,2-5,9H2,1H3. The normalized spacial score (nSPS) is 17.9. The molecule has 1 aromatic rings. The predicted molar refractivity (Wildman–Crippen MR) is 66.7 cm³/mol. The van der Waals surface area contributed by atoms with Crippen molar-refractivity contribution >= 4 is 0 Å². The van der Waals surface area contributed by atoms with Crippen molar-refractivity contribution in [2.45, 2.75) is 44.8 Å². The van der Waals surface area contributed by atoms with E-state index >= 15 is 0 Å². The Balaban J connectivity index is 1.80. The largest absolute Gasteiger partial charge is 0.489 e. The fourth-order valence-corrected chi connectivity index (χ4v) is 2.33. The molecule has 0 bridgehead atoms. The molecule has 1 N–H and O–H groups in total. The van der Waals surface area contributed by atoms with Gasteiger partial charge in [0.1, 0.15) is 23.5 Å². The van der Waals surface area contributed by atoms with E-state index in [0.29, 0.717) is 12.6 Å². The molecule has 2 rings (SSSR count). The van der Waals surface area contributed by atoms with Crippen molar-refractivity contribution in [2.75, 3.05) is 6.54 Å². The van der Waals surface area contributed by atoms with Crippen molar-refractivity contribution < 1.29 is 13.5 Å². The molecule has 0 amide bonds. The van der Waals surface area contributed by atoms with Crippen LogP contribution in [-0.2, 0) is 0 Å². The van der Waals surface area contributed by atoms with Gasteiger partial charge in [0.15, 0.2) is 0 Å². The van der Waals surface area contributed by atoms with E-state index in [0.717, 1.165) is 6.07 Å². The molecule has 4 heteroatoms. The molecule has 1 aliphatic rings. The van der Waals surface area contributed by atoms with Crippen LogP contribution in [0.15, 0.2) is 18.2 Å². The first-order chi connectivity index (χ1) is 8.63.